The quantitative estimate of drug-likeness (QED) is 0.306. The number of benzene rings is 2. The number of hydrogen-bond donors (Lipinski definition) is 1. The van der Waals surface area contributed by atoms with Crippen LogP contribution in [0, 0.1) is 36.2 Å². The first-order valence-electron chi connectivity index (χ1n) is 15.2. The molecule has 1 saturated heterocycles. The van der Waals surface area contributed by atoms with Crippen LogP contribution in [0.5, 0.6) is 0 Å². The zero-order valence-corrected chi connectivity index (χ0v) is 25.8. The van der Waals surface area contributed by atoms with Crippen molar-refractivity contribution in [2.45, 2.75) is 90.4 Å². The van der Waals surface area contributed by atoms with Crippen molar-refractivity contribution in [2.24, 2.45) is 11.8 Å². The number of carbonyl (C=O) groups is 2. The van der Waals surface area contributed by atoms with Gasteiger partial charge in [0.25, 0.3) is 0 Å². The molecular weight excluding hydrogens is 571 g/mol. The van der Waals surface area contributed by atoms with Crippen molar-refractivity contribution in [3.8, 4) is 11.3 Å². The molecule has 4 unspecified atom stereocenters. The van der Waals surface area contributed by atoms with Crippen molar-refractivity contribution >= 4 is 12.0 Å². The summed E-state index contributed by atoms with van der Waals surface area (Å²) in [5.41, 5.74) is 1.12. The fraction of sp³-hybridized carbons (Fsp3) is 0.515. The maximum absolute atomic E-state index is 14.5. The largest absolute Gasteiger partial charge is 0.444 e. The molecule has 3 aromatic rings. The molecular formula is C33H40F3N5O3. The zero-order valence-electron chi connectivity index (χ0n) is 25.8. The summed E-state index contributed by atoms with van der Waals surface area (Å²) < 4.78 is 48.9. The monoisotopic (exact) mass is 611 g/mol. The van der Waals surface area contributed by atoms with Crippen LogP contribution >= 0.6 is 0 Å². The Bertz CT molecular complexity index is 1520. The Kier molecular flexibility index (Phi) is 9.04. The number of carbonyl (C=O) groups excluding carboxylic acids is 2. The van der Waals surface area contributed by atoms with E-state index >= 15 is 0 Å². The second-order valence-corrected chi connectivity index (χ2v) is 13.2. The predicted molar refractivity (Wildman–Crippen MR) is 159 cm³/mol. The Morgan fingerprint density at radius 1 is 1.05 bits per heavy atom. The normalized spacial score (nSPS) is 23.0. The summed E-state index contributed by atoms with van der Waals surface area (Å²) in [5, 5.41) is 11.4. The van der Waals surface area contributed by atoms with Gasteiger partial charge in [0.05, 0.1) is 18.3 Å². The van der Waals surface area contributed by atoms with Gasteiger partial charge in [-0.1, -0.05) is 49.2 Å². The second kappa shape index (κ2) is 12.6. The number of nitrogens with zero attached hydrogens (tertiary/aromatic N) is 4. The lowest BCUT2D eigenvalue weighted by Gasteiger charge is -2.36. The van der Waals surface area contributed by atoms with E-state index in [1.807, 2.05) is 25.1 Å². The van der Waals surface area contributed by atoms with Crippen LogP contribution < -0.4 is 5.32 Å². The Labute approximate surface area is 256 Å². The maximum Gasteiger partial charge on any atom is 0.411 e. The SMILES string of the molecule is Cc1ccccc1C(NC(=O)[C@@H]1CC(n2cc(-c3cc(F)c(F)cc3F)nn2)CN1C(=O)OC(C)(C)C)C1CCCC(C)C1. The van der Waals surface area contributed by atoms with Crippen molar-refractivity contribution < 1.29 is 27.5 Å². The molecule has 2 amide bonds. The number of halogens is 3. The summed E-state index contributed by atoms with van der Waals surface area (Å²) in [7, 11) is 0. The van der Waals surface area contributed by atoms with Crippen molar-refractivity contribution in [1.29, 1.82) is 0 Å². The van der Waals surface area contributed by atoms with E-state index < -0.39 is 41.2 Å². The van der Waals surface area contributed by atoms with Crippen LogP contribution in [0.2, 0.25) is 0 Å². The molecule has 0 radical (unpaired) electrons. The summed E-state index contributed by atoms with van der Waals surface area (Å²) in [4.78, 5) is 28.9. The highest BCUT2D eigenvalue weighted by Gasteiger charge is 2.44. The van der Waals surface area contributed by atoms with Crippen molar-refractivity contribution in [3.05, 3.63) is 71.2 Å². The molecule has 2 aliphatic rings. The van der Waals surface area contributed by atoms with Gasteiger partial charge < -0.3 is 10.1 Å². The number of rotatable bonds is 6. The van der Waals surface area contributed by atoms with E-state index in [0.717, 1.165) is 42.9 Å². The molecule has 8 nitrogen and oxygen atoms in total. The molecule has 236 valence electrons. The Balaban J connectivity index is 1.43. The minimum absolute atomic E-state index is 0.00385. The van der Waals surface area contributed by atoms with Crippen molar-refractivity contribution in [2.75, 3.05) is 6.54 Å². The number of nitrogens with one attached hydrogen (secondary N) is 1. The van der Waals surface area contributed by atoms with Crippen molar-refractivity contribution in [3.63, 3.8) is 0 Å². The highest BCUT2D eigenvalue weighted by Crippen LogP contribution is 2.39. The number of ether oxygens (including phenoxy) is 1. The molecule has 11 heteroatoms. The van der Waals surface area contributed by atoms with Gasteiger partial charge in [-0.2, -0.15) is 0 Å². The third kappa shape index (κ3) is 6.92. The summed E-state index contributed by atoms with van der Waals surface area (Å²) >= 11 is 0. The fourth-order valence-corrected chi connectivity index (χ4v) is 6.49. The van der Waals surface area contributed by atoms with E-state index in [9.17, 15) is 22.8 Å². The van der Waals surface area contributed by atoms with Gasteiger partial charge in [0.1, 0.15) is 23.2 Å². The number of amides is 2. The lowest BCUT2D eigenvalue weighted by Crippen LogP contribution is -2.49. The standard InChI is InChI=1S/C33H40F3N5O3/c1-19-9-8-11-21(13-19)30(23-12-7-6-10-20(23)2)37-31(42)29-14-22(17-40(29)32(43)44-33(3,4)5)41-18-28(38-39-41)24-15-26(35)27(36)16-25(24)34/h6-7,10,12,15-16,18-19,21-22,29-30H,8-9,11,13-14,17H2,1-5H3,(H,37,42)/t19?,21?,22?,29-,30?/m0/s1. The third-order valence-electron chi connectivity index (χ3n) is 8.65. The van der Waals surface area contributed by atoms with Gasteiger partial charge in [0.15, 0.2) is 11.6 Å². The van der Waals surface area contributed by atoms with Crippen LogP contribution in [0.4, 0.5) is 18.0 Å². The molecule has 2 aromatic carbocycles. The van der Waals surface area contributed by atoms with E-state index in [-0.39, 0.29) is 42.1 Å². The molecule has 2 heterocycles. The highest BCUT2D eigenvalue weighted by atomic mass is 19.2. The van der Waals surface area contributed by atoms with E-state index in [4.69, 9.17) is 4.74 Å². The minimum atomic E-state index is -1.30. The lowest BCUT2D eigenvalue weighted by molar-refractivity contribution is -0.126. The van der Waals surface area contributed by atoms with Gasteiger partial charge in [-0.3, -0.25) is 9.69 Å². The number of aromatic nitrogens is 3. The van der Waals surface area contributed by atoms with E-state index in [1.54, 1.807) is 20.8 Å². The highest BCUT2D eigenvalue weighted by molar-refractivity contribution is 5.87. The van der Waals surface area contributed by atoms with Crippen LogP contribution in [-0.4, -0.2) is 50.1 Å². The van der Waals surface area contributed by atoms with Crippen LogP contribution in [0.3, 0.4) is 0 Å². The van der Waals surface area contributed by atoms with E-state index in [2.05, 4.69) is 28.6 Å². The van der Waals surface area contributed by atoms with Crippen molar-refractivity contribution in [1.82, 2.24) is 25.2 Å². The third-order valence-corrected chi connectivity index (χ3v) is 8.65. The molecule has 0 spiro atoms. The second-order valence-electron chi connectivity index (χ2n) is 13.2. The van der Waals surface area contributed by atoms with Crippen LogP contribution in [0.1, 0.15) is 83.0 Å². The Morgan fingerprint density at radius 2 is 1.77 bits per heavy atom. The Hall–Kier alpha value is -3.89. The molecule has 2 fully saturated rings. The van der Waals surface area contributed by atoms with Gasteiger partial charge in [-0.25, -0.2) is 22.6 Å². The number of hydrogen-bond acceptors (Lipinski definition) is 5. The van der Waals surface area contributed by atoms with Gasteiger partial charge in [0.2, 0.25) is 5.91 Å². The first-order valence-corrected chi connectivity index (χ1v) is 15.2. The fourth-order valence-electron chi connectivity index (χ4n) is 6.49. The summed E-state index contributed by atoms with van der Waals surface area (Å²) in [5.74, 6) is -2.98. The molecule has 1 N–H and O–H groups in total. The van der Waals surface area contributed by atoms with Crippen LogP contribution in [0.15, 0.2) is 42.6 Å². The van der Waals surface area contributed by atoms with E-state index in [0.29, 0.717) is 12.0 Å². The number of likely N-dealkylation sites (tertiary alicyclic amines) is 1. The molecule has 5 atom stereocenters. The maximum atomic E-state index is 14.5. The topological polar surface area (TPSA) is 89.4 Å². The summed E-state index contributed by atoms with van der Waals surface area (Å²) in [6.07, 6.45) is 5.22. The molecule has 1 aliphatic carbocycles. The molecule has 1 aliphatic heterocycles. The van der Waals surface area contributed by atoms with Gasteiger partial charge in [-0.05, 0) is 69.6 Å². The smallest absolute Gasteiger partial charge is 0.411 e. The summed E-state index contributed by atoms with van der Waals surface area (Å²) in [6, 6.07) is 7.65. The first-order chi connectivity index (χ1) is 20.8. The van der Waals surface area contributed by atoms with Gasteiger partial charge >= 0.3 is 6.09 Å². The molecule has 5 rings (SSSR count). The van der Waals surface area contributed by atoms with E-state index in [1.165, 1.54) is 15.8 Å². The zero-order chi connectivity index (χ0) is 31.8. The van der Waals surface area contributed by atoms with Crippen LogP contribution in [0.25, 0.3) is 11.3 Å². The molecule has 44 heavy (non-hydrogen) atoms. The average molecular weight is 612 g/mol. The van der Waals surface area contributed by atoms with Gasteiger partial charge in [-0.15, -0.1) is 5.10 Å². The lowest BCUT2D eigenvalue weighted by atomic mass is 9.76. The molecule has 1 aromatic heterocycles. The predicted octanol–water partition coefficient (Wildman–Crippen LogP) is 6.91. The first kappa shape index (κ1) is 31.5. The molecule has 1 saturated carbocycles. The van der Waals surface area contributed by atoms with Gasteiger partial charge in [0, 0.05) is 24.6 Å². The Morgan fingerprint density at radius 3 is 2.48 bits per heavy atom. The average Bonchev–Trinajstić information content (AvgIpc) is 3.61. The molecule has 0 bridgehead atoms. The van der Waals surface area contributed by atoms with Crippen LogP contribution in [-0.2, 0) is 9.53 Å². The minimum Gasteiger partial charge on any atom is -0.444 e. The number of aryl methyl sites for hydroxylation is 1. The summed E-state index contributed by atoms with van der Waals surface area (Å²) in [6.45, 7) is 9.64.